The third-order valence-electron chi connectivity index (χ3n) is 3.47. The molecule has 0 atom stereocenters. The summed E-state index contributed by atoms with van der Waals surface area (Å²) < 4.78 is 0. The Balaban J connectivity index is 2.61. The summed E-state index contributed by atoms with van der Waals surface area (Å²) in [7, 11) is 0. The molecule has 0 radical (unpaired) electrons. The van der Waals surface area contributed by atoms with E-state index in [0.29, 0.717) is 12.5 Å². The number of nitrogens with zero attached hydrogens (tertiary/aromatic N) is 1. The molecule has 1 aromatic rings. The van der Waals surface area contributed by atoms with Gasteiger partial charge >= 0.3 is 0 Å². The fraction of sp³-hybridized carbons (Fsp3) is 0.500. The van der Waals surface area contributed by atoms with Gasteiger partial charge in [-0.25, -0.2) is 0 Å². The van der Waals surface area contributed by atoms with Crippen LogP contribution < -0.4 is 11.1 Å². The van der Waals surface area contributed by atoms with E-state index in [4.69, 9.17) is 5.73 Å². The van der Waals surface area contributed by atoms with E-state index in [1.54, 1.807) is 0 Å². The van der Waals surface area contributed by atoms with Gasteiger partial charge in [-0.1, -0.05) is 32.0 Å². The molecule has 18 heavy (non-hydrogen) atoms. The number of nitrogens with two attached hydrogens (primary N) is 1. The average Bonchev–Trinajstić information content (AvgIpc) is 2.42. The second-order valence-electron chi connectivity index (χ2n) is 4.56. The van der Waals surface area contributed by atoms with Crippen LogP contribution in [-0.2, 0) is 0 Å². The van der Waals surface area contributed by atoms with Crippen LogP contribution in [0, 0.1) is 5.41 Å². The molecule has 0 spiro atoms. The van der Waals surface area contributed by atoms with Crippen molar-refractivity contribution >= 4 is 11.6 Å². The number of nitrogens with one attached hydrogen (secondary N) is 1. The van der Waals surface area contributed by atoms with Crippen molar-refractivity contribution in [2.75, 3.05) is 18.5 Å². The third-order valence-corrected chi connectivity index (χ3v) is 3.47. The number of aliphatic hydroxyl groups excluding tert-OH is 1. The van der Waals surface area contributed by atoms with Gasteiger partial charge in [-0.3, -0.25) is 4.99 Å². The normalized spacial score (nSPS) is 12.5. The molecule has 1 rings (SSSR count). The molecule has 0 heterocycles. The molecule has 0 unspecified atom stereocenters. The maximum Gasteiger partial charge on any atom is 0.193 e. The quantitative estimate of drug-likeness (QED) is 0.535. The maximum absolute atomic E-state index is 9.45. The minimum absolute atomic E-state index is 0.141. The van der Waals surface area contributed by atoms with Crippen LogP contribution in [0.3, 0.4) is 0 Å². The second-order valence-corrected chi connectivity index (χ2v) is 4.56. The largest absolute Gasteiger partial charge is 0.396 e. The lowest BCUT2D eigenvalue weighted by Crippen LogP contribution is -2.30. The number of guanidine groups is 1. The molecule has 4 nitrogen and oxygen atoms in total. The number of hydrogen-bond donors (Lipinski definition) is 3. The summed E-state index contributed by atoms with van der Waals surface area (Å²) in [6, 6.07) is 9.68. The zero-order chi connectivity index (χ0) is 13.4. The van der Waals surface area contributed by atoms with Gasteiger partial charge in [0.05, 0.1) is 13.2 Å². The highest BCUT2D eigenvalue weighted by Crippen LogP contribution is 2.25. The molecule has 4 N–H and O–H groups in total. The molecule has 0 aromatic heterocycles. The third kappa shape index (κ3) is 4.04. The predicted molar refractivity (Wildman–Crippen MR) is 76.7 cm³/mol. The first-order valence-electron chi connectivity index (χ1n) is 6.38. The van der Waals surface area contributed by atoms with Crippen molar-refractivity contribution in [2.24, 2.45) is 16.1 Å². The Labute approximate surface area is 109 Å². The molecule has 4 heteroatoms. The van der Waals surface area contributed by atoms with Gasteiger partial charge in [0.25, 0.3) is 0 Å². The number of aliphatic hydroxyl groups is 1. The summed E-state index contributed by atoms with van der Waals surface area (Å²) in [6.45, 7) is 4.82. The maximum atomic E-state index is 9.45. The van der Waals surface area contributed by atoms with Crippen molar-refractivity contribution in [2.45, 2.75) is 26.7 Å². The van der Waals surface area contributed by atoms with E-state index >= 15 is 0 Å². The van der Waals surface area contributed by atoms with Gasteiger partial charge in [0, 0.05) is 11.1 Å². The highest BCUT2D eigenvalue weighted by atomic mass is 16.3. The molecule has 100 valence electrons. The molecule has 0 amide bonds. The first-order chi connectivity index (χ1) is 8.65. The van der Waals surface area contributed by atoms with Crippen LogP contribution in [-0.4, -0.2) is 24.2 Å². The van der Waals surface area contributed by atoms with Crippen molar-refractivity contribution in [3.05, 3.63) is 30.3 Å². The first-order valence-corrected chi connectivity index (χ1v) is 6.38. The average molecular weight is 249 g/mol. The van der Waals surface area contributed by atoms with Gasteiger partial charge in [0.2, 0.25) is 0 Å². The first kappa shape index (κ1) is 14.5. The van der Waals surface area contributed by atoms with Gasteiger partial charge in [0.15, 0.2) is 5.96 Å². The van der Waals surface area contributed by atoms with Crippen molar-refractivity contribution < 1.29 is 5.11 Å². The number of aliphatic imine (C=N–C) groups is 1. The van der Waals surface area contributed by atoms with Gasteiger partial charge in [0.1, 0.15) is 0 Å². The second kappa shape index (κ2) is 7.01. The lowest BCUT2D eigenvalue weighted by molar-refractivity contribution is 0.123. The van der Waals surface area contributed by atoms with Gasteiger partial charge in [-0.05, 0) is 25.0 Å². The summed E-state index contributed by atoms with van der Waals surface area (Å²) in [6.07, 6.45) is 1.78. The van der Waals surface area contributed by atoms with Gasteiger partial charge < -0.3 is 16.2 Å². The molecule has 0 fully saturated rings. The SMILES string of the molecule is CCC(CC)(CO)CN=C(N)Nc1ccccc1. The molecular formula is C14H23N3O. The van der Waals surface area contributed by atoms with Crippen LogP contribution >= 0.6 is 0 Å². The number of para-hydroxylation sites is 1. The summed E-state index contributed by atoms with van der Waals surface area (Å²) in [5.74, 6) is 0.390. The number of rotatable bonds is 6. The Bertz CT molecular complexity index is 364. The molecule has 0 saturated heterocycles. The van der Waals surface area contributed by atoms with Crippen LogP contribution in [0.4, 0.5) is 5.69 Å². The number of benzene rings is 1. The fourth-order valence-electron chi connectivity index (χ4n) is 1.71. The van der Waals surface area contributed by atoms with Crippen LogP contribution in [0.5, 0.6) is 0 Å². The van der Waals surface area contributed by atoms with E-state index < -0.39 is 0 Å². The molecular weight excluding hydrogens is 226 g/mol. The number of hydrogen-bond acceptors (Lipinski definition) is 2. The summed E-state index contributed by atoms with van der Waals surface area (Å²) >= 11 is 0. The van der Waals surface area contributed by atoms with Crippen molar-refractivity contribution in [3.63, 3.8) is 0 Å². The van der Waals surface area contributed by atoms with Crippen LogP contribution in [0.15, 0.2) is 35.3 Å². The van der Waals surface area contributed by atoms with E-state index in [-0.39, 0.29) is 12.0 Å². The minimum atomic E-state index is -0.150. The molecule has 0 bridgehead atoms. The van der Waals surface area contributed by atoms with E-state index in [1.807, 2.05) is 30.3 Å². The Kier molecular flexibility index (Phi) is 5.65. The van der Waals surface area contributed by atoms with Crippen molar-refractivity contribution in [1.29, 1.82) is 0 Å². The highest BCUT2D eigenvalue weighted by molar-refractivity contribution is 5.92. The Morgan fingerprint density at radius 2 is 1.89 bits per heavy atom. The lowest BCUT2D eigenvalue weighted by Gasteiger charge is -2.27. The lowest BCUT2D eigenvalue weighted by atomic mass is 9.83. The van der Waals surface area contributed by atoms with Crippen LogP contribution in [0.25, 0.3) is 0 Å². The molecule has 0 aliphatic heterocycles. The fourth-order valence-corrected chi connectivity index (χ4v) is 1.71. The van der Waals surface area contributed by atoms with E-state index in [2.05, 4.69) is 24.2 Å². The zero-order valence-corrected chi connectivity index (χ0v) is 11.2. The topological polar surface area (TPSA) is 70.6 Å². The van der Waals surface area contributed by atoms with Crippen molar-refractivity contribution in [3.8, 4) is 0 Å². The Morgan fingerprint density at radius 1 is 1.28 bits per heavy atom. The molecule has 0 saturated carbocycles. The molecule has 0 aliphatic rings. The van der Waals surface area contributed by atoms with E-state index in [9.17, 15) is 5.11 Å². The van der Waals surface area contributed by atoms with E-state index in [1.165, 1.54) is 0 Å². The van der Waals surface area contributed by atoms with Gasteiger partial charge in [-0.15, -0.1) is 0 Å². The Hall–Kier alpha value is -1.55. The smallest absolute Gasteiger partial charge is 0.193 e. The summed E-state index contributed by atoms with van der Waals surface area (Å²) in [5.41, 5.74) is 6.60. The van der Waals surface area contributed by atoms with E-state index in [0.717, 1.165) is 18.5 Å². The summed E-state index contributed by atoms with van der Waals surface area (Å²) in [4.78, 5) is 4.33. The zero-order valence-electron chi connectivity index (χ0n) is 11.2. The number of anilines is 1. The predicted octanol–water partition coefficient (Wildman–Crippen LogP) is 2.21. The highest BCUT2D eigenvalue weighted by Gasteiger charge is 2.24. The monoisotopic (exact) mass is 249 g/mol. The molecule has 1 aromatic carbocycles. The van der Waals surface area contributed by atoms with Crippen LogP contribution in [0.2, 0.25) is 0 Å². The summed E-state index contributed by atoms with van der Waals surface area (Å²) in [5, 5.41) is 12.5. The van der Waals surface area contributed by atoms with Crippen molar-refractivity contribution in [1.82, 2.24) is 0 Å². The van der Waals surface area contributed by atoms with Crippen LogP contribution in [0.1, 0.15) is 26.7 Å². The minimum Gasteiger partial charge on any atom is -0.396 e. The molecule has 0 aliphatic carbocycles. The standard InChI is InChI=1S/C14H23N3O/c1-3-14(4-2,11-18)10-16-13(15)17-12-8-6-5-7-9-12/h5-9,18H,3-4,10-11H2,1-2H3,(H3,15,16,17). The Morgan fingerprint density at radius 3 is 2.39 bits per heavy atom. The van der Waals surface area contributed by atoms with Gasteiger partial charge in [-0.2, -0.15) is 0 Å².